The van der Waals surface area contributed by atoms with E-state index in [1.165, 1.54) is 16.5 Å². The van der Waals surface area contributed by atoms with Crippen molar-refractivity contribution in [2.75, 3.05) is 6.54 Å². The van der Waals surface area contributed by atoms with Crippen LogP contribution in [0.5, 0.6) is 0 Å². The molecular weight excluding hydrogens is 222 g/mol. The highest BCUT2D eigenvalue weighted by Gasteiger charge is 2.19. The summed E-state index contributed by atoms with van der Waals surface area (Å²) < 4.78 is 6.09. The molecular formula is C16H23NO. The van der Waals surface area contributed by atoms with Crippen LogP contribution >= 0.6 is 0 Å². The zero-order valence-electron chi connectivity index (χ0n) is 12.0. The second-order valence-electron chi connectivity index (χ2n) is 5.35. The summed E-state index contributed by atoms with van der Waals surface area (Å²) in [7, 11) is 0. The van der Waals surface area contributed by atoms with E-state index in [0.29, 0.717) is 12.0 Å². The van der Waals surface area contributed by atoms with Gasteiger partial charge in [0.2, 0.25) is 0 Å². The summed E-state index contributed by atoms with van der Waals surface area (Å²) in [6.07, 6.45) is 0. The molecule has 18 heavy (non-hydrogen) atoms. The lowest BCUT2D eigenvalue weighted by Gasteiger charge is -2.19. The van der Waals surface area contributed by atoms with Gasteiger partial charge in [-0.15, -0.1) is 0 Å². The van der Waals surface area contributed by atoms with Gasteiger partial charge in [0.1, 0.15) is 11.3 Å². The van der Waals surface area contributed by atoms with Crippen LogP contribution in [0.25, 0.3) is 11.0 Å². The van der Waals surface area contributed by atoms with Crippen molar-refractivity contribution in [3.63, 3.8) is 0 Å². The molecule has 1 N–H and O–H groups in total. The van der Waals surface area contributed by atoms with Crippen LogP contribution in [0.3, 0.4) is 0 Å². The summed E-state index contributed by atoms with van der Waals surface area (Å²) in [6, 6.07) is 6.78. The van der Waals surface area contributed by atoms with E-state index in [0.717, 1.165) is 17.9 Å². The van der Waals surface area contributed by atoms with Crippen LogP contribution in [0, 0.1) is 19.8 Å². The largest absolute Gasteiger partial charge is 0.459 e. The third kappa shape index (κ3) is 2.30. The lowest BCUT2D eigenvalue weighted by atomic mass is 10.0. The van der Waals surface area contributed by atoms with E-state index in [1.807, 2.05) is 0 Å². The molecule has 0 aliphatic heterocycles. The summed E-state index contributed by atoms with van der Waals surface area (Å²) in [5, 5.41) is 4.70. The van der Waals surface area contributed by atoms with Crippen LogP contribution in [0.1, 0.15) is 43.7 Å². The molecule has 0 saturated carbocycles. The quantitative estimate of drug-likeness (QED) is 0.866. The maximum Gasteiger partial charge on any atom is 0.137 e. The van der Waals surface area contributed by atoms with E-state index in [9.17, 15) is 0 Å². The summed E-state index contributed by atoms with van der Waals surface area (Å²) in [4.78, 5) is 0. The lowest BCUT2D eigenvalue weighted by molar-refractivity contribution is 0.356. The SMILES string of the molecule is CCNC(c1cc2ccc(C)c(C)c2o1)C(C)C. The fourth-order valence-corrected chi connectivity index (χ4v) is 2.40. The Morgan fingerprint density at radius 1 is 1.22 bits per heavy atom. The van der Waals surface area contributed by atoms with Gasteiger partial charge in [0.05, 0.1) is 6.04 Å². The van der Waals surface area contributed by atoms with Crippen LogP contribution < -0.4 is 5.32 Å². The van der Waals surface area contributed by atoms with Gasteiger partial charge in [-0.1, -0.05) is 32.9 Å². The number of fused-ring (bicyclic) bond motifs is 1. The second-order valence-corrected chi connectivity index (χ2v) is 5.35. The number of hydrogen-bond acceptors (Lipinski definition) is 2. The first-order valence-corrected chi connectivity index (χ1v) is 6.77. The summed E-state index contributed by atoms with van der Waals surface area (Å²) >= 11 is 0. The smallest absolute Gasteiger partial charge is 0.137 e. The number of furan rings is 1. The van der Waals surface area contributed by atoms with Gasteiger partial charge in [0, 0.05) is 5.39 Å². The van der Waals surface area contributed by atoms with Crippen LogP contribution in [-0.4, -0.2) is 6.54 Å². The molecule has 1 unspecified atom stereocenters. The van der Waals surface area contributed by atoms with Crippen LogP contribution in [0.4, 0.5) is 0 Å². The van der Waals surface area contributed by atoms with Crippen molar-refractivity contribution in [1.29, 1.82) is 0 Å². The van der Waals surface area contributed by atoms with Gasteiger partial charge in [-0.2, -0.15) is 0 Å². The van der Waals surface area contributed by atoms with Gasteiger partial charge in [-0.25, -0.2) is 0 Å². The molecule has 2 heteroatoms. The molecule has 2 nitrogen and oxygen atoms in total. The van der Waals surface area contributed by atoms with Crippen molar-refractivity contribution < 1.29 is 4.42 Å². The van der Waals surface area contributed by atoms with Gasteiger partial charge in [-0.05, 0) is 43.5 Å². The predicted molar refractivity (Wildman–Crippen MR) is 76.9 cm³/mol. The Hall–Kier alpha value is -1.28. The number of benzene rings is 1. The van der Waals surface area contributed by atoms with Crippen LogP contribution in [0.2, 0.25) is 0 Å². The highest BCUT2D eigenvalue weighted by Crippen LogP contribution is 2.30. The van der Waals surface area contributed by atoms with Gasteiger partial charge in [0.25, 0.3) is 0 Å². The molecule has 0 fully saturated rings. The van der Waals surface area contributed by atoms with Crippen molar-refractivity contribution in [3.05, 3.63) is 35.1 Å². The molecule has 0 amide bonds. The van der Waals surface area contributed by atoms with Crippen molar-refractivity contribution in [1.82, 2.24) is 5.32 Å². The van der Waals surface area contributed by atoms with Gasteiger partial charge >= 0.3 is 0 Å². The average molecular weight is 245 g/mol. The summed E-state index contributed by atoms with van der Waals surface area (Å²) in [5.74, 6) is 1.57. The minimum absolute atomic E-state index is 0.294. The van der Waals surface area contributed by atoms with E-state index >= 15 is 0 Å². The third-order valence-corrected chi connectivity index (χ3v) is 3.62. The minimum Gasteiger partial charge on any atom is -0.459 e. The first-order valence-electron chi connectivity index (χ1n) is 6.77. The normalized spacial score (nSPS) is 13.4. The zero-order chi connectivity index (χ0) is 13.3. The van der Waals surface area contributed by atoms with Gasteiger partial charge in [-0.3, -0.25) is 0 Å². The maximum absolute atomic E-state index is 6.09. The third-order valence-electron chi connectivity index (χ3n) is 3.62. The van der Waals surface area contributed by atoms with E-state index < -0.39 is 0 Å². The van der Waals surface area contributed by atoms with E-state index in [4.69, 9.17) is 4.42 Å². The van der Waals surface area contributed by atoms with Crippen LogP contribution in [-0.2, 0) is 0 Å². The Balaban J connectivity index is 2.48. The molecule has 0 aliphatic carbocycles. The monoisotopic (exact) mass is 245 g/mol. The first-order chi connectivity index (χ1) is 8.54. The molecule has 0 radical (unpaired) electrons. The maximum atomic E-state index is 6.09. The number of hydrogen-bond donors (Lipinski definition) is 1. The predicted octanol–water partition coefficient (Wildman–Crippen LogP) is 4.36. The average Bonchev–Trinajstić information content (AvgIpc) is 2.75. The summed E-state index contributed by atoms with van der Waals surface area (Å²) in [5.41, 5.74) is 3.57. The minimum atomic E-state index is 0.294. The Bertz CT molecular complexity index is 539. The number of rotatable bonds is 4. The van der Waals surface area contributed by atoms with Gasteiger partial charge < -0.3 is 9.73 Å². The molecule has 0 saturated heterocycles. The molecule has 2 rings (SSSR count). The fraction of sp³-hybridized carbons (Fsp3) is 0.500. The summed E-state index contributed by atoms with van der Waals surface area (Å²) in [6.45, 7) is 11.8. The molecule has 1 aromatic carbocycles. The van der Waals surface area contributed by atoms with Crippen molar-refractivity contribution in [2.24, 2.45) is 5.92 Å². The Morgan fingerprint density at radius 2 is 1.94 bits per heavy atom. The second kappa shape index (κ2) is 5.15. The molecule has 98 valence electrons. The lowest BCUT2D eigenvalue weighted by Crippen LogP contribution is -2.24. The molecule has 2 aromatic rings. The zero-order valence-corrected chi connectivity index (χ0v) is 12.0. The number of nitrogens with one attached hydrogen (secondary N) is 1. The van der Waals surface area contributed by atoms with Crippen molar-refractivity contribution in [2.45, 2.75) is 40.7 Å². The Kier molecular flexibility index (Phi) is 3.76. The molecule has 1 aromatic heterocycles. The molecule has 0 aliphatic rings. The Morgan fingerprint density at radius 3 is 2.56 bits per heavy atom. The highest BCUT2D eigenvalue weighted by atomic mass is 16.3. The molecule has 1 atom stereocenters. The van der Waals surface area contributed by atoms with E-state index in [-0.39, 0.29) is 0 Å². The van der Waals surface area contributed by atoms with E-state index in [1.54, 1.807) is 0 Å². The fourth-order valence-electron chi connectivity index (χ4n) is 2.40. The highest BCUT2D eigenvalue weighted by molar-refractivity contribution is 5.82. The van der Waals surface area contributed by atoms with Crippen molar-refractivity contribution in [3.8, 4) is 0 Å². The molecule has 0 spiro atoms. The Labute approximate surface area is 109 Å². The van der Waals surface area contributed by atoms with E-state index in [2.05, 4.69) is 58.1 Å². The standard InChI is InChI=1S/C16H23NO/c1-6-17-15(10(2)3)14-9-13-8-7-11(4)12(5)16(13)18-14/h7-10,15,17H,6H2,1-5H3. The first kappa shape index (κ1) is 13.2. The van der Waals surface area contributed by atoms with Gasteiger partial charge in [0.15, 0.2) is 0 Å². The topological polar surface area (TPSA) is 25.2 Å². The molecule has 1 heterocycles. The molecule has 0 bridgehead atoms. The number of aryl methyl sites for hydroxylation is 2. The van der Waals surface area contributed by atoms with Crippen LogP contribution in [0.15, 0.2) is 22.6 Å². The van der Waals surface area contributed by atoms with Crippen molar-refractivity contribution >= 4 is 11.0 Å².